The number of ether oxygens (including phenoxy) is 1. The minimum absolute atomic E-state index is 0.223. The molecule has 0 saturated heterocycles. The number of hydrogen-bond donors (Lipinski definition) is 0. The van der Waals surface area contributed by atoms with E-state index in [4.69, 9.17) is 14.7 Å². The van der Waals surface area contributed by atoms with Crippen LogP contribution in [0, 0.1) is 13.8 Å². The van der Waals surface area contributed by atoms with Gasteiger partial charge in [0.15, 0.2) is 6.61 Å². The Morgan fingerprint density at radius 3 is 2.24 bits per heavy atom. The molecule has 0 atom stereocenters. The smallest absolute Gasteiger partial charge is 0.338 e. The second-order valence-corrected chi connectivity index (χ2v) is 8.65. The maximum Gasteiger partial charge on any atom is 0.338 e. The number of hydrogen-bond acceptors (Lipinski definition) is 5. The van der Waals surface area contributed by atoms with Crippen molar-refractivity contribution in [2.75, 3.05) is 6.61 Å². The summed E-state index contributed by atoms with van der Waals surface area (Å²) in [5.41, 5.74) is 7.85. The molecule has 0 N–H and O–H groups in total. The number of Topliss-reactive ketones (excluding diaryl/α,β-unsaturated/α-hetero) is 1. The van der Waals surface area contributed by atoms with E-state index in [2.05, 4.69) is 24.3 Å². The number of aryl methyl sites for hydroxylation is 2. The van der Waals surface area contributed by atoms with Crippen LogP contribution in [0.4, 0.5) is 0 Å². The summed E-state index contributed by atoms with van der Waals surface area (Å²) in [7, 11) is 0. The fourth-order valence-corrected chi connectivity index (χ4v) is 4.62. The van der Waals surface area contributed by atoms with Crippen LogP contribution in [-0.2, 0) is 4.74 Å². The highest BCUT2D eigenvalue weighted by Gasteiger charge is 2.24. The van der Waals surface area contributed by atoms with Crippen molar-refractivity contribution >= 4 is 33.6 Å². The zero-order valence-electron chi connectivity index (χ0n) is 18.8. The molecule has 0 fully saturated rings. The highest BCUT2D eigenvalue weighted by atomic mass is 16.5. The number of rotatable bonds is 4. The summed E-state index contributed by atoms with van der Waals surface area (Å²) in [5.74, 6) is -0.785. The molecule has 1 aromatic heterocycles. The minimum atomic E-state index is -0.562. The van der Waals surface area contributed by atoms with Gasteiger partial charge in [-0.3, -0.25) is 4.79 Å². The molecule has 1 aliphatic rings. The quantitative estimate of drug-likeness (QED) is 0.243. The zero-order valence-corrected chi connectivity index (χ0v) is 18.8. The van der Waals surface area contributed by atoms with Gasteiger partial charge in [-0.15, -0.1) is 0 Å². The number of nitrogens with zero attached hydrogens (tertiary/aromatic N) is 2. The first kappa shape index (κ1) is 20.2. The predicted molar refractivity (Wildman–Crippen MR) is 132 cm³/mol. The summed E-state index contributed by atoms with van der Waals surface area (Å²) in [6.45, 7) is 3.48. The van der Waals surface area contributed by atoms with Crippen LogP contribution in [-0.4, -0.2) is 28.3 Å². The van der Waals surface area contributed by atoms with Crippen molar-refractivity contribution in [1.82, 2.24) is 9.97 Å². The highest BCUT2D eigenvalue weighted by Crippen LogP contribution is 2.45. The molecule has 4 aromatic carbocycles. The van der Waals surface area contributed by atoms with Crippen molar-refractivity contribution in [1.29, 1.82) is 0 Å². The lowest BCUT2D eigenvalue weighted by molar-refractivity contribution is 0.0474. The second kappa shape index (κ2) is 7.59. The van der Waals surface area contributed by atoms with Crippen LogP contribution >= 0.6 is 0 Å². The van der Waals surface area contributed by atoms with Crippen LogP contribution in [0.15, 0.2) is 72.8 Å². The number of benzene rings is 4. The van der Waals surface area contributed by atoms with Crippen LogP contribution in [0.1, 0.15) is 31.8 Å². The van der Waals surface area contributed by atoms with Crippen LogP contribution in [0.3, 0.4) is 0 Å². The van der Waals surface area contributed by atoms with Gasteiger partial charge < -0.3 is 4.74 Å². The lowest BCUT2D eigenvalue weighted by Crippen LogP contribution is -2.15. The van der Waals surface area contributed by atoms with Gasteiger partial charge in [0, 0.05) is 22.1 Å². The maximum atomic E-state index is 12.7. The summed E-state index contributed by atoms with van der Waals surface area (Å²) in [5, 5.41) is 2.30. The number of aromatic nitrogens is 2. The molecule has 6 rings (SSSR count). The molecule has 34 heavy (non-hydrogen) atoms. The molecular formula is C29H20N2O3. The Labute approximate surface area is 196 Å². The van der Waals surface area contributed by atoms with Gasteiger partial charge in [0.05, 0.1) is 28.0 Å². The van der Waals surface area contributed by atoms with E-state index in [1.54, 1.807) is 18.2 Å². The summed E-state index contributed by atoms with van der Waals surface area (Å²) in [6.07, 6.45) is 0. The number of fused-ring (bicyclic) bond motifs is 4. The van der Waals surface area contributed by atoms with Crippen LogP contribution in [0.2, 0.25) is 0 Å². The molecule has 0 saturated carbocycles. The Morgan fingerprint density at radius 2 is 1.50 bits per heavy atom. The topological polar surface area (TPSA) is 69.2 Å². The van der Waals surface area contributed by atoms with Crippen molar-refractivity contribution in [3.05, 3.63) is 95.1 Å². The van der Waals surface area contributed by atoms with Crippen molar-refractivity contribution in [2.45, 2.75) is 13.8 Å². The second-order valence-electron chi connectivity index (χ2n) is 8.65. The van der Waals surface area contributed by atoms with E-state index < -0.39 is 5.97 Å². The average molecular weight is 444 g/mol. The molecule has 0 amide bonds. The molecule has 164 valence electrons. The van der Waals surface area contributed by atoms with Crippen LogP contribution in [0.25, 0.3) is 44.3 Å². The summed E-state index contributed by atoms with van der Waals surface area (Å²) in [6, 6.07) is 23.1. The standard InChI is InChI=1S/C29H20N2O3/c1-16-9-10-17(2)22(13-16)25(32)15-34-29(33)19-11-12-23-24(14-19)31-28-21-8-4-6-18-5-3-7-20(26(18)21)27(28)30-23/h3-14H,15H2,1-2H3. The molecule has 1 aliphatic carbocycles. The van der Waals surface area contributed by atoms with E-state index in [0.717, 1.165) is 44.4 Å². The van der Waals surface area contributed by atoms with Gasteiger partial charge in [-0.1, -0.05) is 54.1 Å². The van der Waals surface area contributed by atoms with E-state index >= 15 is 0 Å². The van der Waals surface area contributed by atoms with E-state index in [1.165, 1.54) is 0 Å². The lowest BCUT2D eigenvalue weighted by atomic mass is 10.0. The Hall–Kier alpha value is -4.38. The first-order valence-electron chi connectivity index (χ1n) is 11.1. The Kier molecular flexibility index (Phi) is 4.52. The van der Waals surface area contributed by atoms with Gasteiger partial charge in [0.2, 0.25) is 5.78 Å². The van der Waals surface area contributed by atoms with E-state index in [9.17, 15) is 9.59 Å². The SMILES string of the molecule is Cc1ccc(C)c(C(=O)COC(=O)c2ccc3nc4c(nc3c2)-c2cccc3cccc-4c23)c1. The lowest BCUT2D eigenvalue weighted by Gasteiger charge is -2.08. The molecule has 0 spiro atoms. The zero-order chi connectivity index (χ0) is 23.4. The molecule has 5 heteroatoms. The highest BCUT2D eigenvalue weighted by molar-refractivity contribution is 6.14. The van der Waals surface area contributed by atoms with Gasteiger partial charge >= 0.3 is 5.97 Å². The third kappa shape index (κ3) is 3.17. The molecule has 0 aliphatic heterocycles. The Balaban J connectivity index is 1.30. The summed E-state index contributed by atoms with van der Waals surface area (Å²) in [4.78, 5) is 35.0. The fourth-order valence-electron chi connectivity index (χ4n) is 4.62. The largest absolute Gasteiger partial charge is 0.454 e. The van der Waals surface area contributed by atoms with Crippen molar-refractivity contribution in [2.24, 2.45) is 0 Å². The van der Waals surface area contributed by atoms with Crippen LogP contribution in [0.5, 0.6) is 0 Å². The van der Waals surface area contributed by atoms with Crippen LogP contribution < -0.4 is 0 Å². The molecular weight excluding hydrogens is 424 g/mol. The van der Waals surface area contributed by atoms with Gasteiger partial charge in [0.25, 0.3) is 0 Å². The van der Waals surface area contributed by atoms with Crippen molar-refractivity contribution < 1.29 is 14.3 Å². The number of carbonyl (C=O) groups is 2. The Bertz CT molecular complexity index is 1660. The van der Waals surface area contributed by atoms with Gasteiger partial charge in [-0.05, 0) is 49.1 Å². The Morgan fingerprint density at radius 1 is 0.794 bits per heavy atom. The van der Waals surface area contributed by atoms with E-state index in [-0.39, 0.29) is 12.4 Å². The average Bonchev–Trinajstić information content (AvgIpc) is 3.16. The monoisotopic (exact) mass is 444 g/mol. The summed E-state index contributed by atoms with van der Waals surface area (Å²) < 4.78 is 5.34. The number of carbonyl (C=O) groups excluding carboxylic acids is 2. The van der Waals surface area contributed by atoms with Crippen molar-refractivity contribution in [3.8, 4) is 22.5 Å². The molecule has 0 radical (unpaired) electrons. The summed E-state index contributed by atoms with van der Waals surface area (Å²) >= 11 is 0. The molecule has 5 nitrogen and oxygen atoms in total. The molecule has 1 heterocycles. The van der Waals surface area contributed by atoms with Crippen molar-refractivity contribution in [3.63, 3.8) is 0 Å². The third-order valence-corrected chi connectivity index (χ3v) is 6.34. The predicted octanol–water partition coefficient (Wildman–Crippen LogP) is 6.09. The minimum Gasteiger partial charge on any atom is -0.454 e. The van der Waals surface area contributed by atoms with Gasteiger partial charge in [-0.25, -0.2) is 14.8 Å². The maximum absolute atomic E-state index is 12.7. The normalized spacial score (nSPS) is 11.6. The first-order valence-corrected chi connectivity index (χ1v) is 11.1. The first-order chi connectivity index (χ1) is 16.5. The molecule has 0 unspecified atom stereocenters. The van der Waals surface area contributed by atoms with E-state index in [1.807, 2.05) is 44.2 Å². The number of ketones is 1. The van der Waals surface area contributed by atoms with Gasteiger partial charge in [-0.2, -0.15) is 0 Å². The third-order valence-electron chi connectivity index (χ3n) is 6.34. The van der Waals surface area contributed by atoms with E-state index in [0.29, 0.717) is 22.2 Å². The number of esters is 1. The van der Waals surface area contributed by atoms with Gasteiger partial charge in [0.1, 0.15) is 0 Å². The molecule has 5 aromatic rings. The molecule has 0 bridgehead atoms. The fraction of sp³-hybridized carbons (Fsp3) is 0.103.